The number of hydrogen-bond donors (Lipinski definition) is 0. The molecule has 3 aliphatic rings. The molecule has 3 heterocycles. The fraction of sp³-hybridized carbons (Fsp3) is 0.667. The van der Waals surface area contributed by atoms with Crippen LogP contribution in [0.4, 0.5) is 10.6 Å². The van der Waals surface area contributed by atoms with Crippen LogP contribution in [0.5, 0.6) is 5.75 Å². The average Bonchev–Trinajstić information content (AvgIpc) is 3.31. The summed E-state index contributed by atoms with van der Waals surface area (Å²) in [6, 6.07) is 3.84. The number of ether oxygens (including phenoxy) is 1. The van der Waals surface area contributed by atoms with E-state index in [9.17, 15) is 9.59 Å². The lowest BCUT2D eigenvalue weighted by Gasteiger charge is -2.35. The van der Waals surface area contributed by atoms with Crippen LogP contribution in [0.1, 0.15) is 38.5 Å². The van der Waals surface area contributed by atoms with E-state index in [4.69, 9.17) is 4.74 Å². The van der Waals surface area contributed by atoms with Crippen molar-refractivity contribution in [3.63, 3.8) is 0 Å². The van der Waals surface area contributed by atoms with Crippen LogP contribution in [-0.4, -0.2) is 77.1 Å². The lowest BCUT2D eigenvalue weighted by molar-refractivity contribution is -0.129. The summed E-state index contributed by atoms with van der Waals surface area (Å²) in [5, 5.41) is -0.0326. The summed E-state index contributed by atoms with van der Waals surface area (Å²) in [5.74, 6) is 1.81. The number of imide groups is 1. The Hall–Kier alpha value is -1.80. The van der Waals surface area contributed by atoms with Gasteiger partial charge in [0.1, 0.15) is 4.75 Å². The first-order chi connectivity index (χ1) is 14.1. The van der Waals surface area contributed by atoms with E-state index in [2.05, 4.69) is 14.8 Å². The summed E-state index contributed by atoms with van der Waals surface area (Å²) in [6.07, 6.45) is 7.55. The fourth-order valence-corrected chi connectivity index (χ4v) is 5.93. The number of pyridine rings is 1. The van der Waals surface area contributed by atoms with Crippen molar-refractivity contribution < 1.29 is 14.3 Å². The van der Waals surface area contributed by atoms with Crippen molar-refractivity contribution in [2.75, 3.05) is 51.3 Å². The van der Waals surface area contributed by atoms with E-state index in [0.29, 0.717) is 6.54 Å². The number of amides is 2. The van der Waals surface area contributed by atoms with Crippen molar-refractivity contribution in [3.05, 3.63) is 18.3 Å². The van der Waals surface area contributed by atoms with E-state index in [1.54, 1.807) is 13.3 Å². The first-order valence-electron chi connectivity index (χ1n) is 10.6. The largest absolute Gasteiger partial charge is 0.493 e. The molecule has 2 amide bonds. The van der Waals surface area contributed by atoms with Crippen LogP contribution in [-0.2, 0) is 4.79 Å². The van der Waals surface area contributed by atoms with Crippen molar-refractivity contribution in [2.45, 2.75) is 43.3 Å². The Morgan fingerprint density at radius 3 is 2.55 bits per heavy atom. The number of methoxy groups -OCH3 is 1. The van der Waals surface area contributed by atoms with Crippen molar-refractivity contribution in [1.29, 1.82) is 0 Å². The molecule has 0 N–H and O–H groups in total. The maximum atomic E-state index is 12.7. The predicted octanol–water partition coefficient (Wildman–Crippen LogP) is 3.00. The Kier molecular flexibility index (Phi) is 6.29. The number of anilines is 1. The smallest absolute Gasteiger partial charge is 0.289 e. The summed E-state index contributed by atoms with van der Waals surface area (Å²) >= 11 is 1.28. The van der Waals surface area contributed by atoms with Crippen LogP contribution in [0.2, 0.25) is 0 Å². The van der Waals surface area contributed by atoms with Gasteiger partial charge in [-0.2, -0.15) is 0 Å². The Balaban J connectivity index is 1.19. The van der Waals surface area contributed by atoms with Gasteiger partial charge in [-0.15, -0.1) is 0 Å². The Bertz CT molecular complexity index is 745. The maximum Gasteiger partial charge on any atom is 0.289 e. The summed E-state index contributed by atoms with van der Waals surface area (Å²) in [6.45, 7) is 5.39. The highest BCUT2D eigenvalue weighted by molar-refractivity contribution is 8.16. The number of rotatable bonds is 7. The molecule has 8 heteroatoms. The van der Waals surface area contributed by atoms with Crippen molar-refractivity contribution >= 4 is 28.7 Å². The van der Waals surface area contributed by atoms with Gasteiger partial charge < -0.3 is 9.64 Å². The van der Waals surface area contributed by atoms with Crippen LogP contribution in [0.3, 0.4) is 0 Å². The standard InChI is InChI=1S/C21H30N4O3S/c1-28-17-7-6-10-22-18(17)24-15-13-23(14-16-24)11-4-5-12-25-19(26)21(29-20(25)27)8-2-3-9-21/h6-7,10H,2-5,8-9,11-16H2,1H3. The highest BCUT2D eigenvalue weighted by Gasteiger charge is 2.53. The molecule has 0 aromatic carbocycles. The second kappa shape index (κ2) is 8.92. The number of unbranched alkanes of at least 4 members (excludes halogenated alkanes) is 1. The first kappa shape index (κ1) is 20.5. The van der Waals surface area contributed by atoms with Gasteiger partial charge in [-0.3, -0.25) is 19.4 Å². The van der Waals surface area contributed by atoms with Crippen molar-refractivity contribution in [3.8, 4) is 5.75 Å². The molecular weight excluding hydrogens is 388 g/mol. The zero-order valence-electron chi connectivity index (χ0n) is 17.1. The van der Waals surface area contributed by atoms with Gasteiger partial charge in [0.25, 0.3) is 5.24 Å². The van der Waals surface area contributed by atoms with E-state index in [-0.39, 0.29) is 11.1 Å². The van der Waals surface area contributed by atoms with E-state index in [1.165, 1.54) is 16.7 Å². The second-order valence-electron chi connectivity index (χ2n) is 8.09. The number of carbonyl (C=O) groups is 2. The van der Waals surface area contributed by atoms with Gasteiger partial charge in [-0.1, -0.05) is 12.8 Å². The highest BCUT2D eigenvalue weighted by Crippen LogP contribution is 2.48. The van der Waals surface area contributed by atoms with E-state index < -0.39 is 4.75 Å². The molecule has 158 valence electrons. The number of thioether (sulfide) groups is 1. The molecule has 0 radical (unpaired) electrons. The lowest BCUT2D eigenvalue weighted by atomic mass is 10.1. The number of hydrogen-bond acceptors (Lipinski definition) is 7. The van der Waals surface area contributed by atoms with Gasteiger partial charge in [0.2, 0.25) is 5.91 Å². The summed E-state index contributed by atoms with van der Waals surface area (Å²) in [7, 11) is 1.68. The van der Waals surface area contributed by atoms with Crippen LogP contribution >= 0.6 is 11.8 Å². The Labute approximate surface area is 176 Å². The third-order valence-corrected chi connectivity index (χ3v) is 7.67. The van der Waals surface area contributed by atoms with Gasteiger partial charge >= 0.3 is 0 Å². The molecule has 1 aromatic heterocycles. The minimum Gasteiger partial charge on any atom is -0.493 e. The van der Waals surface area contributed by atoms with Crippen molar-refractivity contribution in [1.82, 2.24) is 14.8 Å². The quantitative estimate of drug-likeness (QED) is 0.631. The SMILES string of the molecule is COc1cccnc1N1CCN(CCCCN2C(=O)SC3(CCCC3)C2=O)CC1. The summed E-state index contributed by atoms with van der Waals surface area (Å²) < 4.78 is 5.01. The molecule has 1 spiro atoms. The van der Waals surface area contributed by atoms with Crippen LogP contribution < -0.4 is 9.64 Å². The molecule has 3 fully saturated rings. The minimum absolute atomic E-state index is 0.0326. The highest BCUT2D eigenvalue weighted by atomic mass is 32.2. The molecule has 1 aromatic rings. The third kappa shape index (κ3) is 4.23. The molecule has 2 saturated heterocycles. The topological polar surface area (TPSA) is 66.0 Å². The summed E-state index contributed by atoms with van der Waals surface area (Å²) in [4.78, 5) is 35.7. The van der Waals surface area contributed by atoms with E-state index in [0.717, 1.165) is 82.8 Å². The van der Waals surface area contributed by atoms with Gasteiger partial charge in [-0.05, 0) is 56.1 Å². The molecule has 4 rings (SSSR count). The van der Waals surface area contributed by atoms with Gasteiger partial charge in [0, 0.05) is 38.9 Å². The second-order valence-corrected chi connectivity index (χ2v) is 9.43. The average molecular weight is 419 g/mol. The number of aromatic nitrogens is 1. The molecular formula is C21H30N4O3S. The van der Waals surface area contributed by atoms with Gasteiger partial charge in [0.15, 0.2) is 11.6 Å². The molecule has 0 bridgehead atoms. The monoisotopic (exact) mass is 418 g/mol. The first-order valence-corrected chi connectivity index (χ1v) is 11.5. The maximum absolute atomic E-state index is 12.7. The zero-order chi connectivity index (χ0) is 20.3. The van der Waals surface area contributed by atoms with Crippen LogP contribution in [0, 0.1) is 0 Å². The zero-order valence-corrected chi connectivity index (χ0v) is 18.0. The lowest BCUT2D eigenvalue weighted by Crippen LogP contribution is -2.47. The molecule has 0 atom stereocenters. The normalized spacial score (nSPS) is 22.1. The molecule has 1 saturated carbocycles. The molecule has 0 unspecified atom stereocenters. The number of carbonyl (C=O) groups excluding carboxylic acids is 2. The minimum atomic E-state index is -0.417. The van der Waals surface area contributed by atoms with Crippen LogP contribution in [0.25, 0.3) is 0 Å². The molecule has 7 nitrogen and oxygen atoms in total. The van der Waals surface area contributed by atoms with Gasteiger partial charge in [0.05, 0.1) is 7.11 Å². The predicted molar refractivity (Wildman–Crippen MR) is 115 cm³/mol. The van der Waals surface area contributed by atoms with Crippen LogP contribution in [0.15, 0.2) is 18.3 Å². The van der Waals surface area contributed by atoms with E-state index >= 15 is 0 Å². The Morgan fingerprint density at radius 2 is 1.83 bits per heavy atom. The fourth-order valence-electron chi connectivity index (χ4n) is 4.62. The van der Waals surface area contributed by atoms with Crippen molar-refractivity contribution in [2.24, 2.45) is 0 Å². The third-order valence-electron chi connectivity index (χ3n) is 6.30. The number of nitrogens with zero attached hydrogens (tertiary/aromatic N) is 4. The molecule has 2 aliphatic heterocycles. The molecule has 1 aliphatic carbocycles. The van der Waals surface area contributed by atoms with E-state index in [1.807, 2.05) is 12.1 Å². The molecule has 29 heavy (non-hydrogen) atoms. The number of piperazine rings is 1. The van der Waals surface area contributed by atoms with Gasteiger partial charge in [-0.25, -0.2) is 4.98 Å². The summed E-state index contributed by atoms with van der Waals surface area (Å²) in [5.41, 5.74) is 0. The Morgan fingerprint density at radius 1 is 1.10 bits per heavy atom.